The fraction of sp³-hybridized carbons (Fsp3) is 0.414. The van der Waals surface area contributed by atoms with Gasteiger partial charge in [-0.05, 0) is 68.0 Å². The minimum atomic E-state index is -4.29. The highest BCUT2D eigenvalue weighted by molar-refractivity contribution is 7.90. The Bertz CT molecular complexity index is 1520. The normalized spacial score (nSPS) is 16.6. The van der Waals surface area contributed by atoms with Gasteiger partial charge in [0.1, 0.15) is 23.2 Å². The first-order valence-corrected chi connectivity index (χ1v) is 15.1. The van der Waals surface area contributed by atoms with E-state index in [0.717, 1.165) is 38.5 Å². The van der Waals surface area contributed by atoms with Crippen molar-refractivity contribution in [2.24, 2.45) is 5.92 Å². The van der Waals surface area contributed by atoms with E-state index in [1.54, 1.807) is 18.2 Å². The van der Waals surface area contributed by atoms with Gasteiger partial charge < -0.3 is 15.4 Å². The van der Waals surface area contributed by atoms with Crippen LogP contribution in [0.4, 0.5) is 16.0 Å². The Labute approximate surface area is 234 Å². The van der Waals surface area contributed by atoms with Crippen LogP contribution in [-0.4, -0.2) is 43.0 Å². The minimum absolute atomic E-state index is 0.0223. The first kappa shape index (κ1) is 27.8. The third-order valence-corrected chi connectivity index (χ3v) is 8.74. The molecule has 0 bridgehead atoms. The Morgan fingerprint density at radius 2 is 1.85 bits per heavy atom. The van der Waals surface area contributed by atoms with Crippen LogP contribution in [0, 0.1) is 11.7 Å². The van der Waals surface area contributed by atoms with E-state index in [-0.39, 0.29) is 27.9 Å². The molecule has 3 heterocycles. The number of nitrogens with two attached hydrogens (primary N) is 1. The third-order valence-electron chi connectivity index (χ3n) is 7.50. The zero-order valence-corrected chi connectivity index (χ0v) is 23.5. The summed E-state index contributed by atoms with van der Waals surface area (Å²) >= 11 is 0. The molecule has 1 spiro atoms. The summed E-state index contributed by atoms with van der Waals surface area (Å²) in [6, 6.07) is 11.8. The predicted molar refractivity (Wildman–Crippen MR) is 151 cm³/mol. The van der Waals surface area contributed by atoms with Crippen LogP contribution >= 0.6 is 0 Å². The molecular formula is C29H34FN5O4S. The first-order valence-electron chi connectivity index (χ1n) is 13.6. The lowest BCUT2D eigenvalue weighted by molar-refractivity contribution is 0.0981. The fourth-order valence-electron chi connectivity index (χ4n) is 5.68. The monoisotopic (exact) mass is 567 g/mol. The Morgan fingerprint density at radius 1 is 1.10 bits per heavy atom. The lowest BCUT2D eigenvalue weighted by Crippen LogP contribution is -2.43. The van der Waals surface area contributed by atoms with Crippen LogP contribution in [0.25, 0.3) is 11.3 Å². The Morgan fingerprint density at radius 3 is 2.58 bits per heavy atom. The SMILES string of the molecule is CC(C)COc1cc(F)cc(-c2ccc(C(=O)NS(=O)(=O)c3cccc(N)n3)c(N3CCCC34CCCC4)n2)c1. The van der Waals surface area contributed by atoms with Gasteiger partial charge in [0.05, 0.1) is 17.9 Å². The second kappa shape index (κ2) is 11.0. The average molecular weight is 568 g/mol. The van der Waals surface area contributed by atoms with E-state index in [1.165, 1.54) is 30.3 Å². The number of nitrogens with zero attached hydrogens (tertiary/aromatic N) is 3. The first-order chi connectivity index (χ1) is 19.1. The average Bonchev–Trinajstić information content (AvgIpc) is 3.56. The molecule has 0 radical (unpaired) electrons. The van der Waals surface area contributed by atoms with Crippen LogP contribution < -0.4 is 20.1 Å². The predicted octanol–water partition coefficient (Wildman–Crippen LogP) is 4.93. The van der Waals surface area contributed by atoms with Crippen molar-refractivity contribution in [1.29, 1.82) is 0 Å². The van der Waals surface area contributed by atoms with Gasteiger partial charge in [0.2, 0.25) is 0 Å². The molecule has 2 fully saturated rings. The van der Waals surface area contributed by atoms with Gasteiger partial charge in [-0.25, -0.2) is 19.1 Å². The molecule has 212 valence electrons. The maximum atomic E-state index is 14.6. The molecule has 1 aliphatic carbocycles. The van der Waals surface area contributed by atoms with Gasteiger partial charge in [-0.1, -0.05) is 32.8 Å². The molecule has 1 aromatic carbocycles. The number of amides is 1. The van der Waals surface area contributed by atoms with E-state index in [2.05, 4.69) is 14.6 Å². The Kier molecular flexibility index (Phi) is 7.67. The zero-order valence-electron chi connectivity index (χ0n) is 22.7. The topological polar surface area (TPSA) is 128 Å². The molecule has 9 nitrogen and oxygen atoms in total. The molecule has 3 aromatic rings. The zero-order chi connectivity index (χ0) is 28.5. The lowest BCUT2D eigenvalue weighted by Gasteiger charge is -2.37. The van der Waals surface area contributed by atoms with Crippen molar-refractivity contribution in [1.82, 2.24) is 14.7 Å². The van der Waals surface area contributed by atoms with E-state index in [9.17, 15) is 17.6 Å². The highest BCUT2D eigenvalue weighted by atomic mass is 32.2. The van der Waals surface area contributed by atoms with Crippen LogP contribution in [-0.2, 0) is 10.0 Å². The highest BCUT2D eigenvalue weighted by Gasteiger charge is 2.45. The number of hydrogen-bond donors (Lipinski definition) is 2. The summed E-state index contributed by atoms with van der Waals surface area (Å²) in [4.78, 5) is 24.4. The number of nitrogens with one attached hydrogen (secondary N) is 1. The summed E-state index contributed by atoms with van der Waals surface area (Å²) < 4.78 is 48.5. The molecular weight excluding hydrogens is 533 g/mol. The molecule has 1 saturated carbocycles. The molecule has 1 amide bonds. The summed E-state index contributed by atoms with van der Waals surface area (Å²) in [6.07, 6.45) is 6.00. The Hall–Kier alpha value is -3.73. The summed E-state index contributed by atoms with van der Waals surface area (Å²) in [6.45, 7) is 5.14. The molecule has 0 unspecified atom stereocenters. The molecule has 2 aliphatic rings. The second-order valence-electron chi connectivity index (χ2n) is 11.0. The van der Waals surface area contributed by atoms with Gasteiger partial charge >= 0.3 is 0 Å². The van der Waals surface area contributed by atoms with Crippen molar-refractivity contribution in [2.75, 3.05) is 23.8 Å². The maximum Gasteiger partial charge on any atom is 0.281 e. The van der Waals surface area contributed by atoms with E-state index in [4.69, 9.17) is 15.5 Å². The van der Waals surface area contributed by atoms with Crippen molar-refractivity contribution >= 4 is 27.6 Å². The van der Waals surface area contributed by atoms with Crippen molar-refractivity contribution in [3.63, 3.8) is 0 Å². The number of halogens is 1. The van der Waals surface area contributed by atoms with Gasteiger partial charge in [0, 0.05) is 23.7 Å². The smallest absolute Gasteiger partial charge is 0.281 e. The van der Waals surface area contributed by atoms with Gasteiger partial charge in [0.15, 0.2) is 5.03 Å². The number of aromatic nitrogens is 2. The molecule has 0 atom stereocenters. The number of nitrogen functional groups attached to an aromatic ring is 1. The van der Waals surface area contributed by atoms with Crippen molar-refractivity contribution < 1.29 is 22.3 Å². The standard InChI is InChI=1S/C29H34FN5O4S/c1-19(2)18-39-22-16-20(15-21(30)17-22)24-10-9-23(27(32-24)35-14-6-13-29(35)11-3-4-12-29)28(36)34-40(37,38)26-8-5-7-25(31)33-26/h5,7-10,15-17,19H,3-4,6,11-14,18H2,1-2H3,(H2,31,33)(H,34,36). The molecule has 1 saturated heterocycles. The number of carbonyl (C=O) groups is 1. The largest absolute Gasteiger partial charge is 0.493 e. The summed E-state index contributed by atoms with van der Waals surface area (Å²) in [5.41, 5.74) is 6.60. The fourth-order valence-corrected chi connectivity index (χ4v) is 6.62. The number of hydrogen-bond acceptors (Lipinski definition) is 8. The third kappa shape index (κ3) is 5.74. The quantitative estimate of drug-likeness (QED) is 0.392. The number of anilines is 2. The molecule has 2 aromatic heterocycles. The van der Waals surface area contributed by atoms with E-state index >= 15 is 0 Å². The highest BCUT2D eigenvalue weighted by Crippen LogP contribution is 2.46. The van der Waals surface area contributed by atoms with Crippen LogP contribution in [0.2, 0.25) is 0 Å². The van der Waals surface area contributed by atoms with Crippen LogP contribution in [0.3, 0.4) is 0 Å². The summed E-state index contributed by atoms with van der Waals surface area (Å²) in [5, 5.41) is -0.353. The van der Waals surface area contributed by atoms with Gasteiger partial charge in [-0.2, -0.15) is 8.42 Å². The summed E-state index contributed by atoms with van der Waals surface area (Å²) in [5.74, 6) is -0.212. The van der Waals surface area contributed by atoms with E-state index < -0.39 is 21.7 Å². The van der Waals surface area contributed by atoms with Gasteiger partial charge in [-0.3, -0.25) is 4.79 Å². The van der Waals surface area contributed by atoms with Crippen LogP contribution in [0.5, 0.6) is 5.75 Å². The van der Waals surface area contributed by atoms with Crippen LogP contribution in [0.15, 0.2) is 53.6 Å². The number of carbonyl (C=O) groups excluding carboxylic acids is 1. The van der Waals surface area contributed by atoms with Crippen molar-refractivity contribution in [3.8, 4) is 17.0 Å². The van der Waals surface area contributed by atoms with Crippen molar-refractivity contribution in [3.05, 3.63) is 59.9 Å². The molecule has 40 heavy (non-hydrogen) atoms. The lowest BCUT2D eigenvalue weighted by atomic mass is 9.94. The maximum absolute atomic E-state index is 14.6. The van der Waals surface area contributed by atoms with E-state index in [0.29, 0.717) is 36.0 Å². The molecule has 3 N–H and O–H groups in total. The van der Waals surface area contributed by atoms with Crippen molar-refractivity contribution in [2.45, 2.75) is 62.9 Å². The second-order valence-corrected chi connectivity index (χ2v) is 12.6. The summed E-state index contributed by atoms with van der Waals surface area (Å²) in [7, 11) is -4.29. The molecule has 5 rings (SSSR count). The van der Waals surface area contributed by atoms with E-state index in [1.807, 2.05) is 13.8 Å². The Balaban J connectivity index is 1.55. The van der Waals surface area contributed by atoms with Gasteiger partial charge in [0.25, 0.3) is 15.9 Å². The number of rotatable bonds is 8. The number of benzene rings is 1. The minimum Gasteiger partial charge on any atom is -0.493 e. The number of ether oxygens (including phenoxy) is 1. The molecule has 11 heteroatoms. The number of pyridine rings is 2. The van der Waals surface area contributed by atoms with Gasteiger partial charge in [-0.15, -0.1) is 0 Å². The number of sulfonamides is 1. The molecule has 1 aliphatic heterocycles. The van der Waals surface area contributed by atoms with Crippen LogP contribution in [0.1, 0.15) is 62.7 Å².